The van der Waals surface area contributed by atoms with Crippen molar-refractivity contribution in [1.29, 1.82) is 0 Å². The molecule has 9 heteroatoms. The first-order chi connectivity index (χ1) is 17.0. The molecule has 1 aliphatic carbocycles. The van der Waals surface area contributed by atoms with Gasteiger partial charge in [0.2, 0.25) is 0 Å². The maximum absolute atomic E-state index is 13.7. The Balaban J connectivity index is 1.12. The van der Waals surface area contributed by atoms with Crippen LogP contribution in [-0.4, -0.2) is 42.2 Å². The van der Waals surface area contributed by atoms with Crippen LogP contribution < -0.4 is 19.7 Å². The van der Waals surface area contributed by atoms with Crippen LogP contribution >= 0.6 is 0 Å². The monoisotopic (exact) mass is 476 g/mol. The first-order valence-electron chi connectivity index (χ1n) is 11.6. The van der Waals surface area contributed by atoms with E-state index < -0.39 is 11.8 Å². The number of hydrogen-bond donors (Lipinski definition) is 1. The lowest BCUT2D eigenvalue weighted by Crippen LogP contribution is -2.65. The second kappa shape index (κ2) is 8.49. The van der Waals surface area contributed by atoms with E-state index in [1.54, 1.807) is 6.20 Å². The number of halogens is 1. The smallest absolute Gasteiger partial charge is 0.341 e. The number of benzene rings is 2. The number of hydrogen-bond acceptors (Lipinski definition) is 8. The molecule has 0 radical (unpaired) electrons. The third kappa shape index (κ3) is 3.95. The lowest BCUT2D eigenvalue weighted by atomic mass is 9.61. The predicted octanol–water partition coefficient (Wildman–Crippen LogP) is 3.85. The van der Waals surface area contributed by atoms with Gasteiger partial charge in [0.25, 0.3) is 0 Å². The molecular weight excluding hydrogens is 451 g/mol. The highest BCUT2D eigenvalue weighted by Crippen LogP contribution is 2.52. The fourth-order valence-electron chi connectivity index (χ4n) is 5.35. The standard InChI is InChI=1S/C26H25FN4O4/c1-33-25(32)19-7-17(27)5-6-22(19)35-23-12-29-15-30-24(23)31-13-26(14-31)8-18(9-26)34-21-4-2-3-16-10-28-11-20(16)21/h2-7,12,15,18,28H,8-11,13-14H2,1H3. The van der Waals surface area contributed by atoms with E-state index in [0.717, 1.165) is 50.8 Å². The summed E-state index contributed by atoms with van der Waals surface area (Å²) >= 11 is 0. The molecule has 2 aromatic carbocycles. The molecule has 3 heterocycles. The van der Waals surface area contributed by atoms with Crippen LogP contribution in [0.5, 0.6) is 17.2 Å². The topological polar surface area (TPSA) is 85.8 Å². The fraction of sp³-hybridized carbons (Fsp3) is 0.346. The molecule has 0 atom stereocenters. The summed E-state index contributed by atoms with van der Waals surface area (Å²) in [5, 5.41) is 3.38. The molecule has 2 fully saturated rings. The third-order valence-corrected chi connectivity index (χ3v) is 7.04. The van der Waals surface area contributed by atoms with Gasteiger partial charge in [-0.1, -0.05) is 12.1 Å². The van der Waals surface area contributed by atoms with Gasteiger partial charge in [0, 0.05) is 37.2 Å². The highest BCUT2D eigenvalue weighted by atomic mass is 19.1. The van der Waals surface area contributed by atoms with Gasteiger partial charge in [0.1, 0.15) is 35.3 Å². The van der Waals surface area contributed by atoms with Gasteiger partial charge in [0.15, 0.2) is 11.6 Å². The molecule has 0 unspecified atom stereocenters. The first kappa shape index (κ1) is 21.8. The van der Waals surface area contributed by atoms with Crippen LogP contribution in [0.3, 0.4) is 0 Å². The molecule has 35 heavy (non-hydrogen) atoms. The lowest BCUT2D eigenvalue weighted by Gasteiger charge is -2.59. The largest absolute Gasteiger partial charge is 0.490 e. The molecule has 0 amide bonds. The summed E-state index contributed by atoms with van der Waals surface area (Å²) in [5.41, 5.74) is 2.80. The Morgan fingerprint density at radius 3 is 2.83 bits per heavy atom. The number of methoxy groups -OCH3 is 1. The third-order valence-electron chi connectivity index (χ3n) is 7.04. The van der Waals surface area contributed by atoms with Crippen molar-refractivity contribution in [2.24, 2.45) is 5.41 Å². The summed E-state index contributed by atoms with van der Waals surface area (Å²) in [7, 11) is 1.24. The number of carbonyl (C=O) groups is 1. The van der Waals surface area contributed by atoms with Crippen LogP contribution in [0.2, 0.25) is 0 Å². The van der Waals surface area contributed by atoms with Gasteiger partial charge in [-0.3, -0.25) is 0 Å². The van der Waals surface area contributed by atoms with Gasteiger partial charge in [0.05, 0.1) is 13.3 Å². The number of anilines is 1. The van der Waals surface area contributed by atoms with Gasteiger partial charge >= 0.3 is 5.97 Å². The van der Waals surface area contributed by atoms with E-state index in [1.807, 2.05) is 0 Å². The number of esters is 1. The predicted molar refractivity (Wildman–Crippen MR) is 125 cm³/mol. The summed E-state index contributed by atoms with van der Waals surface area (Å²) in [4.78, 5) is 22.7. The van der Waals surface area contributed by atoms with Crippen molar-refractivity contribution in [3.63, 3.8) is 0 Å². The number of ether oxygens (including phenoxy) is 3. The van der Waals surface area contributed by atoms with Crippen LogP contribution in [0.1, 0.15) is 34.3 Å². The van der Waals surface area contributed by atoms with E-state index >= 15 is 0 Å². The Morgan fingerprint density at radius 2 is 2.00 bits per heavy atom. The van der Waals surface area contributed by atoms with Gasteiger partial charge in [-0.05, 0) is 42.7 Å². The van der Waals surface area contributed by atoms with Gasteiger partial charge in [-0.15, -0.1) is 0 Å². The molecule has 1 saturated carbocycles. The van der Waals surface area contributed by atoms with E-state index in [4.69, 9.17) is 14.2 Å². The zero-order valence-corrected chi connectivity index (χ0v) is 19.3. The number of nitrogens with one attached hydrogen (secondary N) is 1. The van der Waals surface area contributed by atoms with Crippen LogP contribution in [-0.2, 0) is 17.8 Å². The first-order valence-corrected chi connectivity index (χ1v) is 11.6. The molecule has 180 valence electrons. The highest BCUT2D eigenvalue weighted by Gasteiger charge is 2.54. The van der Waals surface area contributed by atoms with E-state index in [1.165, 1.54) is 36.7 Å². The van der Waals surface area contributed by atoms with Crippen LogP contribution in [0.25, 0.3) is 0 Å². The summed E-state index contributed by atoms with van der Waals surface area (Å²) in [6.07, 6.45) is 5.22. The molecule has 6 rings (SSSR count). The summed E-state index contributed by atoms with van der Waals surface area (Å²) in [6, 6.07) is 10.00. The molecule has 1 spiro atoms. The van der Waals surface area contributed by atoms with E-state index in [-0.39, 0.29) is 22.8 Å². The lowest BCUT2D eigenvalue weighted by molar-refractivity contribution is -0.0348. The second-order valence-electron chi connectivity index (χ2n) is 9.45. The van der Waals surface area contributed by atoms with E-state index in [2.05, 4.69) is 38.4 Å². The molecule has 1 N–H and O–H groups in total. The summed E-state index contributed by atoms with van der Waals surface area (Å²) in [6.45, 7) is 3.43. The van der Waals surface area contributed by atoms with Crippen molar-refractivity contribution >= 4 is 11.8 Å². The Kier molecular flexibility index (Phi) is 5.29. The number of rotatable bonds is 6. The molecule has 1 saturated heterocycles. The number of fused-ring (bicyclic) bond motifs is 1. The van der Waals surface area contributed by atoms with Gasteiger partial charge < -0.3 is 24.4 Å². The minimum atomic E-state index is -0.679. The molecule has 3 aliphatic rings. The summed E-state index contributed by atoms with van der Waals surface area (Å²) in [5.74, 6) is 0.995. The van der Waals surface area contributed by atoms with E-state index in [9.17, 15) is 9.18 Å². The van der Waals surface area contributed by atoms with E-state index in [0.29, 0.717) is 11.6 Å². The van der Waals surface area contributed by atoms with Crippen molar-refractivity contribution in [3.05, 3.63) is 71.4 Å². The van der Waals surface area contributed by atoms with Crippen molar-refractivity contribution in [2.45, 2.75) is 32.0 Å². The number of nitrogens with zero attached hydrogens (tertiary/aromatic N) is 3. The zero-order valence-electron chi connectivity index (χ0n) is 19.3. The molecule has 0 bridgehead atoms. The molecule has 8 nitrogen and oxygen atoms in total. The SMILES string of the molecule is COC(=O)c1cc(F)ccc1Oc1cncnc1N1CC2(CC(Oc3cccc4c3CNC4)C2)C1. The van der Waals surface area contributed by atoms with Crippen LogP contribution in [0, 0.1) is 11.2 Å². The summed E-state index contributed by atoms with van der Waals surface area (Å²) < 4.78 is 30.8. The molecule has 2 aliphatic heterocycles. The highest BCUT2D eigenvalue weighted by molar-refractivity contribution is 5.92. The minimum Gasteiger partial charge on any atom is -0.490 e. The Labute approximate surface area is 202 Å². The van der Waals surface area contributed by atoms with Gasteiger partial charge in [-0.25, -0.2) is 19.2 Å². The minimum absolute atomic E-state index is 0.00367. The van der Waals surface area contributed by atoms with Crippen molar-refractivity contribution in [3.8, 4) is 17.2 Å². The normalized spacial score (nSPS) is 17.9. The van der Waals surface area contributed by atoms with Gasteiger partial charge in [-0.2, -0.15) is 0 Å². The quantitative estimate of drug-likeness (QED) is 0.537. The number of aromatic nitrogens is 2. The number of carbonyl (C=O) groups excluding carboxylic acids is 1. The maximum atomic E-state index is 13.7. The Hall–Kier alpha value is -3.72. The second-order valence-corrected chi connectivity index (χ2v) is 9.45. The zero-order chi connectivity index (χ0) is 24.0. The van der Waals surface area contributed by atoms with Crippen molar-refractivity contribution in [2.75, 3.05) is 25.1 Å². The van der Waals surface area contributed by atoms with Crippen LogP contribution in [0.15, 0.2) is 48.9 Å². The fourth-order valence-corrected chi connectivity index (χ4v) is 5.35. The van der Waals surface area contributed by atoms with Crippen molar-refractivity contribution < 1.29 is 23.4 Å². The molecule has 1 aromatic heterocycles. The Bertz CT molecular complexity index is 1290. The average molecular weight is 477 g/mol. The van der Waals surface area contributed by atoms with Crippen molar-refractivity contribution in [1.82, 2.24) is 15.3 Å². The van der Waals surface area contributed by atoms with Crippen LogP contribution in [0.4, 0.5) is 10.2 Å². The molecule has 3 aromatic rings. The Morgan fingerprint density at radius 1 is 1.14 bits per heavy atom. The molecular formula is C26H25FN4O4. The maximum Gasteiger partial charge on any atom is 0.341 e. The average Bonchev–Trinajstić information content (AvgIpc) is 3.31.